The average Bonchev–Trinajstić information content (AvgIpc) is 3.04. The summed E-state index contributed by atoms with van der Waals surface area (Å²) in [7, 11) is 0. The molecule has 1 N–H and O–H groups in total. The zero-order chi connectivity index (χ0) is 16.7. The molecule has 0 saturated carbocycles. The molecular weight excluding hydrogens is 304 g/mol. The van der Waals surface area contributed by atoms with E-state index in [1.807, 2.05) is 30.3 Å². The molecule has 0 atom stereocenters. The van der Waals surface area contributed by atoms with E-state index in [-0.39, 0.29) is 5.76 Å². The minimum Gasteiger partial charge on any atom is -0.450 e. The van der Waals surface area contributed by atoms with Gasteiger partial charge in [-0.25, -0.2) is 4.79 Å². The van der Waals surface area contributed by atoms with E-state index in [1.54, 1.807) is 0 Å². The minimum absolute atomic E-state index is 0.325. The normalized spacial score (nSPS) is 10.1. The number of carbonyl (C=O) groups is 2. The largest absolute Gasteiger partial charge is 0.450 e. The molecule has 0 aliphatic heterocycles. The van der Waals surface area contributed by atoms with Gasteiger partial charge in [0, 0.05) is 6.54 Å². The Bertz CT molecular complexity index is 695. The number of carbonyl (C=O) groups excluding carboxylic acids is 2. The minimum atomic E-state index is -0.934. The quantitative estimate of drug-likeness (QED) is 0.472. The molecule has 8 nitrogen and oxygen atoms in total. The zero-order valence-electron chi connectivity index (χ0n) is 12.1. The lowest BCUT2D eigenvalue weighted by atomic mass is 10.1. The van der Waals surface area contributed by atoms with Gasteiger partial charge in [0.25, 0.3) is 5.91 Å². The lowest BCUT2D eigenvalue weighted by molar-refractivity contribution is -0.402. The van der Waals surface area contributed by atoms with E-state index in [0.717, 1.165) is 17.7 Å². The van der Waals surface area contributed by atoms with Gasteiger partial charge in [0.2, 0.25) is 5.76 Å². The third kappa shape index (κ3) is 4.95. The number of amides is 1. The van der Waals surface area contributed by atoms with Gasteiger partial charge in [0.1, 0.15) is 4.92 Å². The Morgan fingerprint density at radius 1 is 1.17 bits per heavy atom. The fraction of sp³-hybridized carbons (Fsp3) is 0.200. The first-order valence-electron chi connectivity index (χ1n) is 6.78. The molecule has 0 aliphatic rings. The summed E-state index contributed by atoms with van der Waals surface area (Å²) < 4.78 is 9.39. The molecule has 0 spiro atoms. The molecule has 0 radical (unpaired) electrons. The van der Waals surface area contributed by atoms with Gasteiger partial charge in [-0.2, -0.15) is 0 Å². The second-order valence-electron chi connectivity index (χ2n) is 4.56. The Balaban J connectivity index is 1.71. The molecule has 8 heteroatoms. The number of nitrogens with one attached hydrogen (secondary N) is 1. The average molecular weight is 318 g/mol. The van der Waals surface area contributed by atoms with E-state index in [0.29, 0.717) is 13.0 Å². The van der Waals surface area contributed by atoms with Crippen molar-refractivity contribution in [3.63, 3.8) is 0 Å². The molecule has 1 aromatic carbocycles. The van der Waals surface area contributed by atoms with Crippen molar-refractivity contribution in [2.24, 2.45) is 0 Å². The summed E-state index contributed by atoms with van der Waals surface area (Å²) in [6.07, 6.45) is 0.658. The Hall–Kier alpha value is -3.16. The van der Waals surface area contributed by atoms with E-state index < -0.39 is 29.3 Å². The smallest absolute Gasteiger partial charge is 0.433 e. The zero-order valence-corrected chi connectivity index (χ0v) is 12.1. The summed E-state index contributed by atoms with van der Waals surface area (Å²) in [6, 6.07) is 11.7. The van der Waals surface area contributed by atoms with Gasteiger partial charge in [0.05, 0.1) is 6.07 Å². The third-order valence-electron chi connectivity index (χ3n) is 2.89. The maximum atomic E-state index is 11.6. The van der Waals surface area contributed by atoms with E-state index in [9.17, 15) is 19.7 Å². The van der Waals surface area contributed by atoms with Crippen LogP contribution in [0.3, 0.4) is 0 Å². The number of benzene rings is 1. The molecule has 23 heavy (non-hydrogen) atoms. The fourth-order valence-corrected chi connectivity index (χ4v) is 1.78. The van der Waals surface area contributed by atoms with Gasteiger partial charge >= 0.3 is 11.9 Å². The molecule has 0 unspecified atom stereocenters. The number of rotatable bonds is 7. The van der Waals surface area contributed by atoms with Gasteiger partial charge in [-0.1, -0.05) is 30.3 Å². The molecule has 1 amide bonds. The van der Waals surface area contributed by atoms with Crippen molar-refractivity contribution in [1.29, 1.82) is 0 Å². The van der Waals surface area contributed by atoms with Crippen LogP contribution in [0.25, 0.3) is 0 Å². The third-order valence-corrected chi connectivity index (χ3v) is 2.89. The molecule has 0 saturated heterocycles. The van der Waals surface area contributed by atoms with Crippen molar-refractivity contribution in [1.82, 2.24) is 5.32 Å². The van der Waals surface area contributed by atoms with Gasteiger partial charge in [-0.3, -0.25) is 14.9 Å². The first-order valence-corrected chi connectivity index (χ1v) is 6.78. The van der Waals surface area contributed by atoms with Gasteiger partial charge in [-0.05, 0) is 18.1 Å². The summed E-state index contributed by atoms with van der Waals surface area (Å²) in [4.78, 5) is 32.8. The van der Waals surface area contributed by atoms with Crippen LogP contribution in [0.1, 0.15) is 16.1 Å². The van der Waals surface area contributed by atoms with Crippen LogP contribution < -0.4 is 5.32 Å². The summed E-state index contributed by atoms with van der Waals surface area (Å²) >= 11 is 0. The monoisotopic (exact) mass is 318 g/mol. The van der Waals surface area contributed by atoms with Crippen LogP contribution in [0.15, 0.2) is 46.9 Å². The topological polar surface area (TPSA) is 112 Å². The van der Waals surface area contributed by atoms with Gasteiger partial charge in [-0.15, -0.1) is 0 Å². The predicted octanol–water partition coefficient (Wildman–Crippen LogP) is 1.70. The first kappa shape index (κ1) is 16.2. The van der Waals surface area contributed by atoms with Crippen LogP contribution in [-0.4, -0.2) is 30.0 Å². The number of hydrogen-bond donors (Lipinski definition) is 1. The lowest BCUT2D eigenvalue weighted by Crippen LogP contribution is -2.30. The number of esters is 1. The highest BCUT2D eigenvalue weighted by atomic mass is 16.7. The maximum Gasteiger partial charge on any atom is 0.433 e. The maximum absolute atomic E-state index is 11.6. The summed E-state index contributed by atoms with van der Waals surface area (Å²) in [5.41, 5.74) is 1.08. The molecule has 0 aliphatic carbocycles. The van der Waals surface area contributed by atoms with Gasteiger partial charge < -0.3 is 14.5 Å². The van der Waals surface area contributed by atoms with Crippen LogP contribution in [0, 0.1) is 10.1 Å². The Morgan fingerprint density at radius 3 is 2.57 bits per heavy atom. The SMILES string of the molecule is O=C(COC(=O)c1ccc([N+](=O)[O-])o1)NCCc1ccccc1. The molecule has 0 bridgehead atoms. The standard InChI is InChI=1S/C15H14N2O6/c18-13(16-9-8-11-4-2-1-3-5-11)10-22-15(19)12-6-7-14(23-12)17(20)21/h1-7H,8-10H2,(H,16,18). The number of nitro groups is 1. The highest BCUT2D eigenvalue weighted by Crippen LogP contribution is 2.16. The summed E-state index contributed by atoms with van der Waals surface area (Å²) in [5.74, 6) is -2.29. The molecule has 2 rings (SSSR count). The van der Waals surface area contributed by atoms with Crippen molar-refractivity contribution < 1.29 is 23.7 Å². The second kappa shape index (κ2) is 7.74. The number of furan rings is 1. The molecular formula is C15H14N2O6. The number of ether oxygens (including phenoxy) is 1. The highest BCUT2D eigenvalue weighted by molar-refractivity contribution is 5.89. The fourth-order valence-electron chi connectivity index (χ4n) is 1.78. The first-order chi connectivity index (χ1) is 11.1. The van der Waals surface area contributed by atoms with Crippen molar-refractivity contribution in [3.05, 3.63) is 63.9 Å². The number of hydrogen-bond acceptors (Lipinski definition) is 6. The molecule has 120 valence electrons. The molecule has 2 aromatic rings. The van der Waals surface area contributed by atoms with Crippen molar-refractivity contribution in [2.45, 2.75) is 6.42 Å². The van der Waals surface area contributed by atoms with Crippen LogP contribution in [0.2, 0.25) is 0 Å². The van der Waals surface area contributed by atoms with Crippen molar-refractivity contribution in [2.75, 3.05) is 13.2 Å². The van der Waals surface area contributed by atoms with Crippen LogP contribution in [0.5, 0.6) is 0 Å². The Morgan fingerprint density at radius 2 is 1.91 bits per heavy atom. The molecule has 0 fully saturated rings. The molecule has 1 heterocycles. The van der Waals surface area contributed by atoms with Crippen LogP contribution in [-0.2, 0) is 16.0 Å². The predicted molar refractivity (Wildman–Crippen MR) is 78.8 cm³/mol. The molecule has 1 aromatic heterocycles. The van der Waals surface area contributed by atoms with Gasteiger partial charge in [0.15, 0.2) is 6.61 Å². The highest BCUT2D eigenvalue weighted by Gasteiger charge is 2.19. The van der Waals surface area contributed by atoms with E-state index in [2.05, 4.69) is 9.73 Å². The van der Waals surface area contributed by atoms with E-state index >= 15 is 0 Å². The summed E-state index contributed by atoms with van der Waals surface area (Å²) in [6.45, 7) is -0.0747. The lowest BCUT2D eigenvalue weighted by Gasteiger charge is -2.05. The Labute approximate surface area is 131 Å². The second-order valence-corrected chi connectivity index (χ2v) is 4.56. The van der Waals surface area contributed by atoms with Crippen LogP contribution in [0.4, 0.5) is 5.88 Å². The van der Waals surface area contributed by atoms with Crippen molar-refractivity contribution >= 4 is 17.8 Å². The summed E-state index contributed by atoms with van der Waals surface area (Å²) in [5, 5.41) is 13.0. The van der Waals surface area contributed by atoms with E-state index in [4.69, 9.17) is 4.74 Å². The van der Waals surface area contributed by atoms with E-state index in [1.165, 1.54) is 0 Å². The Kier molecular flexibility index (Phi) is 5.45. The number of nitrogens with zero attached hydrogens (tertiary/aromatic N) is 1. The van der Waals surface area contributed by atoms with Crippen LogP contribution >= 0.6 is 0 Å². The van der Waals surface area contributed by atoms with Crippen molar-refractivity contribution in [3.8, 4) is 0 Å².